The third kappa shape index (κ3) is 3.04. The third-order valence-corrected chi connectivity index (χ3v) is 3.29. The zero-order valence-electron chi connectivity index (χ0n) is 9.93. The number of nitrogens with zero attached hydrogens (tertiary/aromatic N) is 1. The van der Waals surface area contributed by atoms with E-state index in [-0.39, 0.29) is 5.91 Å². The van der Waals surface area contributed by atoms with E-state index in [9.17, 15) is 4.79 Å². The van der Waals surface area contributed by atoms with Gasteiger partial charge in [-0.25, -0.2) is 4.98 Å². The molecule has 2 rings (SSSR count). The maximum Gasteiger partial charge on any atom is 0.234 e. The van der Waals surface area contributed by atoms with E-state index in [0.29, 0.717) is 17.1 Å². The molecule has 4 N–H and O–H groups in total. The van der Waals surface area contributed by atoms with Crippen LogP contribution in [0.1, 0.15) is 5.56 Å². The highest BCUT2D eigenvalue weighted by molar-refractivity contribution is 7.99. The zero-order valence-corrected chi connectivity index (χ0v) is 10.8. The summed E-state index contributed by atoms with van der Waals surface area (Å²) in [5.74, 6) is 0.193. The number of nitrogens with two attached hydrogens (primary N) is 1. The summed E-state index contributed by atoms with van der Waals surface area (Å²) in [6.07, 6.45) is 3.37. The average molecular weight is 262 g/mol. The van der Waals surface area contributed by atoms with Gasteiger partial charge in [0, 0.05) is 12.4 Å². The van der Waals surface area contributed by atoms with Crippen molar-refractivity contribution in [2.45, 2.75) is 12.1 Å². The maximum absolute atomic E-state index is 11.8. The van der Waals surface area contributed by atoms with Gasteiger partial charge in [0.05, 0.1) is 17.1 Å². The third-order valence-electron chi connectivity index (χ3n) is 2.38. The predicted molar refractivity (Wildman–Crippen MR) is 73.5 cm³/mol. The summed E-state index contributed by atoms with van der Waals surface area (Å²) in [6, 6.07) is 5.53. The molecule has 2 aromatic rings. The number of para-hydroxylation sites is 1. The van der Waals surface area contributed by atoms with Crippen LogP contribution in [0.2, 0.25) is 0 Å². The van der Waals surface area contributed by atoms with E-state index < -0.39 is 0 Å². The van der Waals surface area contributed by atoms with Gasteiger partial charge in [0.15, 0.2) is 5.16 Å². The van der Waals surface area contributed by atoms with E-state index in [4.69, 9.17) is 5.73 Å². The summed E-state index contributed by atoms with van der Waals surface area (Å²) in [5, 5.41) is 3.54. The fourth-order valence-corrected chi connectivity index (χ4v) is 2.13. The number of carbonyl (C=O) groups excluding carboxylic acids is 1. The fraction of sp³-hybridized carbons (Fsp3) is 0.167. The number of nitrogens with one attached hydrogen (secondary N) is 2. The van der Waals surface area contributed by atoms with Crippen LogP contribution in [0.4, 0.5) is 11.4 Å². The summed E-state index contributed by atoms with van der Waals surface area (Å²) in [7, 11) is 0. The number of amides is 1. The van der Waals surface area contributed by atoms with E-state index in [1.807, 2.05) is 19.1 Å². The normalized spacial score (nSPS) is 10.3. The number of aromatic amines is 1. The van der Waals surface area contributed by atoms with E-state index in [2.05, 4.69) is 15.3 Å². The van der Waals surface area contributed by atoms with Gasteiger partial charge in [-0.2, -0.15) is 0 Å². The minimum atomic E-state index is -0.0996. The van der Waals surface area contributed by atoms with Crippen LogP contribution in [0.3, 0.4) is 0 Å². The number of imidazole rings is 1. The number of hydrogen-bond donors (Lipinski definition) is 3. The highest BCUT2D eigenvalue weighted by Crippen LogP contribution is 2.23. The number of anilines is 2. The Morgan fingerprint density at radius 1 is 1.56 bits per heavy atom. The summed E-state index contributed by atoms with van der Waals surface area (Å²) < 4.78 is 0. The van der Waals surface area contributed by atoms with Crippen molar-refractivity contribution >= 4 is 29.0 Å². The van der Waals surface area contributed by atoms with Crippen molar-refractivity contribution in [1.29, 1.82) is 0 Å². The SMILES string of the molecule is Cc1cccc(N)c1NC(=O)CSc1ncc[nH]1. The van der Waals surface area contributed by atoms with Gasteiger partial charge in [0.1, 0.15) is 0 Å². The van der Waals surface area contributed by atoms with Gasteiger partial charge in [-0.05, 0) is 18.6 Å². The number of rotatable bonds is 4. The molecule has 0 fully saturated rings. The average Bonchev–Trinajstić information content (AvgIpc) is 2.84. The van der Waals surface area contributed by atoms with Crippen molar-refractivity contribution < 1.29 is 4.79 Å². The van der Waals surface area contributed by atoms with Crippen LogP contribution in [-0.4, -0.2) is 21.6 Å². The molecule has 0 bridgehead atoms. The quantitative estimate of drug-likeness (QED) is 0.581. The Labute approximate surface area is 109 Å². The van der Waals surface area contributed by atoms with Crippen LogP contribution < -0.4 is 11.1 Å². The zero-order chi connectivity index (χ0) is 13.0. The largest absolute Gasteiger partial charge is 0.397 e. The standard InChI is InChI=1S/C12H14N4OS/c1-8-3-2-4-9(13)11(8)16-10(17)7-18-12-14-5-6-15-12/h2-6H,7,13H2,1H3,(H,14,15)(H,16,17). The van der Waals surface area contributed by atoms with Crippen molar-refractivity contribution in [3.05, 3.63) is 36.2 Å². The Hall–Kier alpha value is -1.95. The first-order valence-corrected chi connectivity index (χ1v) is 6.42. The Morgan fingerprint density at radius 3 is 3.06 bits per heavy atom. The summed E-state index contributed by atoms with van der Waals surface area (Å²) in [5.41, 5.74) is 8.03. The number of aryl methyl sites for hydroxylation is 1. The van der Waals surface area contributed by atoms with Crippen LogP contribution in [0.25, 0.3) is 0 Å². The number of hydrogen-bond acceptors (Lipinski definition) is 4. The Balaban J connectivity index is 1.95. The van der Waals surface area contributed by atoms with Gasteiger partial charge in [-0.15, -0.1) is 0 Å². The molecule has 0 spiro atoms. The summed E-state index contributed by atoms with van der Waals surface area (Å²) in [4.78, 5) is 18.7. The van der Waals surface area contributed by atoms with Crippen LogP contribution in [0.15, 0.2) is 35.7 Å². The summed E-state index contributed by atoms with van der Waals surface area (Å²) >= 11 is 1.35. The van der Waals surface area contributed by atoms with Crippen molar-refractivity contribution in [3.63, 3.8) is 0 Å². The Kier molecular flexibility index (Phi) is 3.88. The molecule has 1 heterocycles. The molecule has 1 aromatic heterocycles. The molecule has 0 unspecified atom stereocenters. The Morgan fingerprint density at radius 2 is 2.39 bits per heavy atom. The molecule has 6 heteroatoms. The van der Waals surface area contributed by atoms with Gasteiger partial charge in [-0.1, -0.05) is 23.9 Å². The topological polar surface area (TPSA) is 83.8 Å². The number of aromatic nitrogens is 2. The lowest BCUT2D eigenvalue weighted by atomic mass is 10.1. The van der Waals surface area contributed by atoms with Crippen LogP contribution in [0.5, 0.6) is 0 Å². The molecule has 94 valence electrons. The van der Waals surface area contributed by atoms with E-state index in [0.717, 1.165) is 10.7 Å². The highest BCUT2D eigenvalue weighted by Gasteiger charge is 2.08. The molecule has 0 saturated heterocycles. The second-order valence-corrected chi connectivity index (χ2v) is 4.73. The number of thioether (sulfide) groups is 1. The van der Waals surface area contributed by atoms with Crippen molar-refractivity contribution in [1.82, 2.24) is 9.97 Å². The second-order valence-electron chi connectivity index (χ2n) is 3.77. The molecule has 0 aliphatic heterocycles. The molecule has 1 aromatic carbocycles. The minimum Gasteiger partial charge on any atom is -0.397 e. The fourth-order valence-electron chi connectivity index (χ4n) is 1.50. The molecule has 0 aliphatic rings. The van der Waals surface area contributed by atoms with Crippen LogP contribution in [-0.2, 0) is 4.79 Å². The number of carbonyl (C=O) groups is 1. The molecule has 0 aliphatic carbocycles. The lowest BCUT2D eigenvalue weighted by Gasteiger charge is -2.10. The minimum absolute atomic E-state index is 0.0996. The molecule has 1 amide bonds. The molecule has 18 heavy (non-hydrogen) atoms. The first kappa shape index (κ1) is 12.5. The van der Waals surface area contributed by atoms with Crippen molar-refractivity contribution in [2.24, 2.45) is 0 Å². The molecule has 0 radical (unpaired) electrons. The first-order valence-electron chi connectivity index (χ1n) is 5.44. The highest BCUT2D eigenvalue weighted by atomic mass is 32.2. The summed E-state index contributed by atoms with van der Waals surface area (Å²) in [6.45, 7) is 1.91. The lowest BCUT2D eigenvalue weighted by molar-refractivity contribution is -0.113. The molecule has 0 saturated carbocycles. The van der Waals surface area contributed by atoms with Gasteiger partial charge < -0.3 is 16.0 Å². The number of H-pyrrole nitrogens is 1. The van der Waals surface area contributed by atoms with Gasteiger partial charge in [-0.3, -0.25) is 4.79 Å². The first-order chi connectivity index (χ1) is 8.66. The van der Waals surface area contributed by atoms with Crippen molar-refractivity contribution in [2.75, 3.05) is 16.8 Å². The van der Waals surface area contributed by atoms with Gasteiger partial charge in [0.2, 0.25) is 5.91 Å². The van der Waals surface area contributed by atoms with Crippen molar-refractivity contribution in [3.8, 4) is 0 Å². The second kappa shape index (κ2) is 5.59. The predicted octanol–water partition coefficient (Wildman–Crippen LogP) is 2.03. The van der Waals surface area contributed by atoms with E-state index >= 15 is 0 Å². The van der Waals surface area contributed by atoms with Crippen LogP contribution >= 0.6 is 11.8 Å². The van der Waals surface area contributed by atoms with Crippen LogP contribution in [0, 0.1) is 6.92 Å². The van der Waals surface area contributed by atoms with E-state index in [1.54, 1.807) is 18.5 Å². The van der Waals surface area contributed by atoms with Gasteiger partial charge >= 0.3 is 0 Å². The maximum atomic E-state index is 11.8. The lowest BCUT2D eigenvalue weighted by Crippen LogP contribution is -2.16. The van der Waals surface area contributed by atoms with E-state index in [1.165, 1.54) is 11.8 Å². The number of nitrogen functional groups attached to an aromatic ring is 1. The molecular weight excluding hydrogens is 248 g/mol. The molecular formula is C12H14N4OS. The monoisotopic (exact) mass is 262 g/mol. The molecule has 5 nitrogen and oxygen atoms in total. The smallest absolute Gasteiger partial charge is 0.234 e. The number of benzene rings is 1. The van der Waals surface area contributed by atoms with Gasteiger partial charge in [0.25, 0.3) is 0 Å². The Bertz CT molecular complexity index is 519. The molecule has 0 atom stereocenters.